The van der Waals surface area contributed by atoms with E-state index in [1.807, 2.05) is 24.3 Å². The SMILES string of the molecule is C=CCOc1ccc(CN(C)C(=O)c2nccn3ccnc23)cc1. The van der Waals surface area contributed by atoms with Gasteiger partial charge in [-0.15, -0.1) is 0 Å². The van der Waals surface area contributed by atoms with Gasteiger partial charge in [-0.05, 0) is 17.7 Å². The average molecular weight is 322 g/mol. The van der Waals surface area contributed by atoms with Crippen molar-refractivity contribution in [2.75, 3.05) is 13.7 Å². The molecule has 2 aromatic heterocycles. The molecule has 0 radical (unpaired) electrons. The number of fused-ring (bicyclic) bond motifs is 1. The molecule has 0 spiro atoms. The molecule has 1 amide bonds. The Labute approximate surface area is 140 Å². The maximum Gasteiger partial charge on any atom is 0.276 e. The topological polar surface area (TPSA) is 59.7 Å². The van der Waals surface area contributed by atoms with Crippen molar-refractivity contribution in [1.82, 2.24) is 19.3 Å². The van der Waals surface area contributed by atoms with Crippen LogP contribution in [-0.2, 0) is 6.54 Å². The molecule has 122 valence electrons. The minimum absolute atomic E-state index is 0.168. The van der Waals surface area contributed by atoms with Crippen LogP contribution in [0.2, 0.25) is 0 Å². The molecule has 0 atom stereocenters. The third-order valence-corrected chi connectivity index (χ3v) is 3.57. The second kappa shape index (κ2) is 6.95. The number of imidazole rings is 1. The Bertz CT molecular complexity index is 855. The number of carbonyl (C=O) groups excluding carboxylic acids is 1. The van der Waals surface area contributed by atoms with Crippen LogP contribution in [0.5, 0.6) is 5.75 Å². The molecule has 6 heteroatoms. The summed E-state index contributed by atoms with van der Waals surface area (Å²) in [7, 11) is 1.75. The van der Waals surface area contributed by atoms with Crippen molar-refractivity contribution in [2.45, 2.75) is 6.54 Å². The fourth-order valence-corrected chi connectivity index (χ4v) is 2.38. The van der Waals surface area contributed by atoms with Crippen molar-refractivity contribution in [1.29, 1.82) is 0 Å². The minimum atomic E-state index is -0.168. The van der Waals surface area contributed by atoms with Crippen LogP contribution in [0.4, 0.5) is 0 Å². The summed E-state index contributed by atoms with van der Waals surface area (Å²) in [6, 6.07) is 7.63. The van der Waals surface area contributed by atoms with Crippen molar-refractivity contribution >= 4 is 11.6 Å². The van der Waals surface area contributed by atoms with Crippen LogP contribution in [-0.4, -0.2) is 38.8 Å². The molecule has 0 saturated heterocycles. The van der Waals surface area contributed by atoms with E-state index in [4.69, 9.17) is 4.74 Å². The predicted octanol–water partition coefficient (Wildman–Crippen LogP) is 2.57. The van der Waals surface area contributed by atoms with Gasteiger partial charge in [0.25, 0.3) is 5.91 Å². The zero-order valence-electron chi connectivity index (χ0n) is 13.4. The van der Waals surface area contributed by atoms with Gasteiger partial charge >= 0.3 is 0 Å². The lowest BCUT2D eigenvalue weighted by molar-refractivity contribution is 0.0780. The van der Waals surface area contributed by atoms with E-state index in [2.05, 4.69) is 16.5 Å². The number of nitrogens with zero attached hydrogens (tertiary/aromatic N) is 4. The molecule has 0 aliphatic heterocycles. The quantitative estimate of drug-likeness (QED) is 0.655. The molecule has 0 aliphatic carbocycles. The van der Waals surface area contributed by atoms with Crippen molar-refractivity contribution in [3.8, 4) is 5.75 Å². The monoisotopic (exact) mass is 322 g/mol. The number of hydrogen-bond donors (Lipinski definition) is 0. The smallest absolute Gasteiger partial charge is 0.276 e. The molecule has 0 N–H and O–H groups in total. The molecule has 0 fully saturated rings. The van der Waals surface area contributed by atoms with Crippen molar-refractivity contribution in [2.24, 2.45) is 0 Å². The first-order chi connectivity index (χ1) is 11.7. The summed E-state index contributed by atoms with van der Waals surface area (Å²) in [6.45, 7) is 4.56. The Balaban J connectivity index is 1.72. The molecule has 3 rings (SSSR count). The number of ether oxygens (including phenoxy) is 1. The summed E-state index contributed by atoms with van der Waals surface area (Å²) < 4.78 is 7.23. The van der Waals surface area contributed by atoms with Gasteiger partial charge in [-0.25, -0.2) is 9.97 Å². The normalized spacial score (nSPS) is 10.5. The van der Waals surface area contributed by atoms with Crippen molar-refractivity contribution in [3.63, 3.8) is 0 Å². The van der Waals surface area contributed by atoms with Gasteiger partial charge in [0, 0.05) is 38.4 Å². The summed E-state index contributed by atoms with van der Waals surface area (Å²) in [6.07, 6.45) is 8.50. The molecule has 0 unspecified atom stereocenters. The standard InChI is InChI=1S/C18H18N4O2/c1-3-12-24-15-6-4-14(5-7-15)13-21(2)18(23)16-17-20-9-11-22(17)10-8-19-16/h3-11H,1,12-13H2,2H3. The molecule has 0 bridgehead atoms. The molecular weight excluding hydrogens is 304 g/mol. The maximum atomic E-state index is 12.6. The lowest BCUT2D eigenvalue weighted by Crippen LogP contribution is -2.27. The summed E-state index contributed by atoms with van der Waals surface area (Å²) in [5, 5.41) is 0. The van der Waals surface area contributed by atoms with Gasteiger partial charge in [0.15, 0.2) is 11.3 Å². The van der Waals surface area contributed by atoms with E-state index in [1.54, 1.807) is 47.2 Å². The Morgan fingerprint density at radius 1 is 1.25 bits per heavy atom. The maximum absolute atomic E-state index is 12.6. The molecule has 24 heavy (non-hydrogen) atoms. The van der Waals surface area contributed by atoms with E-state index >= 15 is 0 Å². The summed E-state index contributed by atoms with van der Waals surface area (Å²) in [4.78, 5) is 22.6. The highest BCUT2D eigenvalue weighted by Crippen LogP contribution is 2.15. The number of hydrogen-bond acceptors (Lipinski definition) is 4. The Morgan fingerprint density at radius 3 is 2.67 bits per heavy atom. The lowest BCUT2D eigenvalue weighted by Gasteiger charge is -2.17. The molecular formula is C18H18N4O2. The second-order valence-electron chi connectivity index (χ2n) is 5.34. The van der Waals surface area contributed by atoms with E-state index in [0.717, 1.165) is 11.3 Å². The Kier molecular flexibility index (Phi) is 4.56. The first kappa shape index (κ1) is 15.7. The summed E-state index contributed by atoms with van der Waals surface area (Å²) in [5.41, 5.74) is 1.91. The first-order valence-electron chi connectivity index (χ1n) is 7.55. The predicted molar refractivity (Wildman–Crippen MR) is 90.9 cm³/mol. The van der Waals surface area contributed by atoms with E-state index < -0.39 is 0 Å². The number of carbonyl (C=O) groups is 1. The zero-order chi connectivity index (χ0) is 16.9. The van der Waals surface area contributed by atoms with Crippen LogP contribution in [0.25, 0.3) is 5.65 Å². The molecule has 0 saturated carbocycles. The van der Waals surface area contributed by atoms with Gasteiger partial charge in [0.1, 0.15) is 12.4 Å². The minimum Gasteiger partial charge on any atom is -0.490 e. The average Bonchev–Trinajstić information content (AvgIpc) is 3.09. The van der Waals surface area contributed by atoms with E-state index in [-0.39, 0.29) is 5.91 Å². The highest BCUT2D eigenvalue weighted by Gasteiger charge is 2.17. The van der Waals surface area contributed by atoms with Crippen LogP contribution >= 0.6 is 0 Å². The molecule has 0 aliphatic rings. The van der Waals surface area contributed by atoms with Gasteiger partial charge in [-0.2, -0.15) is 0 Å². The van der Waals surface area contributed by atoms with Gasteiger partial charge in [0.2, 0.25) is 0 Å². The molecule has 6 nitrogen and oxygen atoms in total. The van der Waals surface area contributed by atoms with Crippen LogP contribution in [0.15, 0.2) is 61.7 Å². The largest absolute Gasteiger partial charge is 0.490 e. The lowest BCUT2D eigenvalue weighted by atomic mass is 10.2. The van der Waals surface area contributed by atoms with Crippen LogP contribution in [0.1, 0.15) is 16.1 Å². The summed E-state index contributed by atoms with van der Waals surface area (Å²) in [5.74, 6) is 0.607. The molecule has 3 aromatic rings. The number of aromatic nitrogens is 3. The van der Waals surface area contributed by atoms with Crippen molar-refractivity contribution < 1.29 is 9.53 Å². The number of rotatable bonds is 6. The Morgan fingerprint density at radius 2 is 1.96 bits per heavy atom. The Hall–Kier alpha value is -3.15. The second-order valence-corrected chi connectivity index (χ2v) is 5.34. The first-order valence-corrected chi connectivity index (χ1v) is 7.55. The van der Waals surface area contributed by atoms with Crippen LogP contribution in [0, 0.1) is 0 Å². The highest BCUT2D eigenvalue weighted by atomic mass is 16.5. The zero-order valence-corrected chi connectivity index (χ0v) is 13.4. The fraction of sp³-hybridized carbons (Fsp3) is 0.167. The van der Waals surface area contributed by atoms with Gasteiger partial charge in [-0.3, -0.25) is 4.79 Å². The molecule has 2 heterocycles. The van der Waals surface area contributed by atoms with Gasteiger partial charge in [0.05, 0.1) is 0 Å². The molecule has 1 aromatic carbocycles. The van der Waals surface area contributed by atoms with Gasteiger partial charge in [-0.1, -0.05) is 24.8 Å². The summed E-state index contributed by atoms with van der Waals surface area (Å²) >= 11 is 0. The van der Waals surface area contributed by atoms with E-state index in [0.29, 0.717) is 24.5 Å². The van der Waals surface area contributed by atoms with Crippen LogP contribution in [0.3, 0.4) is 0 Å². The van der Waals surface area contributed by atoms with Crippen LogP contribution < -0.4 is 4.74 Å². The van der Waals surface area contributed by atoms with E-state index in [1.165, 1.54) is 0 Å². The third kappa shape index (κ3) is 3.27. The highest BCUT2D eigenvalue weighted by molar-refractivity contribution is 5.97. The fourth-order valence-electron chi connectivity index (χ4n) is 2.38. The number of benzene rings is 1. The third-order valence-electron chi connectivity index (χ3n) is 3.57. The van der Waals surface area contributed by atoms with E-state index in [9.17, 15) is 4.79 Å². The number of amides is 1. The van der Waals surface area contributed by atoms with Crippen molar-refractivity contribution in [3.05, 3.63) is 73.0 Å². The van der Waals surface area contributed by atoms with Gasteiger partial charge < -0.3 is 14.0 Å².